The summed E-state index contributed by atoms with van der Waals surface area (Å²) < 4.78 is 33.9. The van der Waals surface area contributed by atoms with Crippen LogP contribution >= 0.6 is 23.2 Å². The third-order valence-corrected chi connectivity index (χ3v) is 7.44. The first-order valence-corrected chi connectivity index (χ1v) is 12.0. The van der Waals surface area contributed by atoms with Crippen molar-refractivity contribution in [2.75, 3.05) is 11.4 Å². The molecule has 2 aromatic heterocycles. The Labute approximate surface area is 205 Å². The first kappa shape index (κ1) is 23.7. The topological polar surface area (TPSA) is 98.0 Å². The molecule has 34 heavy (non-hydrogen) atoms. The quantitative estimate of drug-likeness (QED) is 0.355. The normalized spacial score (nSPS) is 11.4. The van der Waals surface area contributed by atoms with Gasteiger partial charge in [-0.2, -0.15) is 0 Å². The number of carbonyl (C=O) groups is 1. The van der Waals surface area contributed by atoms with Gasteiger partial charge in [-0.15, -0.1) is 0 Å². The molecule has 0 N–H and O–H groups in total. The molecule has 0 atom stereocenters. The number of rotatable bonds is 6. The van der Waals surface area contributed by atoms with E-state index in [1.807, 2.05) is 0 Å². The Morgan fingerprint density at radius 2 is 1.79 bits per heavy atom. The number of fused-ring (bicyclic) bond motifs is 1. The van der Waals surface area contributed by atoms with Crippen LogP contribution < -0.4 is 9.86 Å². The van der Waals surface area contributed by atoms with E-state index in [4.69, 9.17) is 27.9 Å². The molecule has 0 radical (unpaired) electrons. The fraction of sp³-hybridized carbons (Fsp3) is 0.0870. The molecular formula is C23H17Cl2N3O5S. The zero-order valence-electron chi connectivity index (χ0n) is 17.7. The van der Waals surface area contributed by atoms with Crippen molar-refractivity contribution in [3.05, 3.63) is 105 Å². The maximum Gasteiger partial charge on any atom is 0.338 e. The number of hydrogen-bond donors (Lipinski definition) is 0. The molecule has 0 aliphatic carbocycles. The molecular weight excluding hydrogens is 501 g/mol. The van der Waals surface area contributed by atoms with Crippen molar-refractivity contribution in [3.8, 4) is 0 Å². The fourth-order valence-corrected chi connectivity index (χ4v) is 5.03. The number of ether oxygens (including phenoxy) is 1. The molecule has 0 spiro atoms. The van der Waals surface area contributed by atoms with Crippen molar-refractivity contribution in [1.29, 1.82) is 0 Å². The van der Waals surface area contributed by atoms with Crippen LogP contribution in [0.25, 0.3) is 5.65 Å². The standard InChI is InChI=1S/C23H17Cl2N3O5S/c1-27(18-5-3-2-4-6-18)34(31,32)20-11-15(7-9-19(20)25)23(30)33-14-17-12-22(29)28-13-16(24)8-10-21(28)26-17/h2-13H,14H2,1H3. The van der Waals surface area contributed by atoms with Crippen molar-refractivity contribution in [3.63, 3.8) is 0 Å². The molecule has 0 saturated heterocycles. The molecule has 0 amide bonds. The second-order valence-electron chi connectivity index (χ2n) is 7.19. The van der Waals surface area contributed by atoms with E-state index in [9.17, 15) is 18.0 Å². The molecule has 174 valence electrons. The fourth-order valence-electron chi connectivity index (χ4n) is 3.18. The van der Waals surface area contributed by atoms with Crippen molar-refractivity contribution < 1.29 is 17.9 Å². The monoisotopic (exact) mass is 517 g/mol. The Morgan fingerprint density at radius 3 is 2.53 bits per heavy atom. The van der Waals surface area contributed by atoms with Gasteiger partial charge in [0, 0.05) is 19.3 Å². The van der Waals surface area contributed by atoms with E-state index >= 15 is 0 Å². The Balaban J connectivity index is 1.57. The van der Waals surface area contributed by atoms with E-state index in [1.165, 1.54) is 35.8 Å². The lowest BCUT2D eigenvalue weighted by atomic mass is 10.2. The highest BCUT2D eigenvalue weighted by Gasteiger charge is 2.25. The zero-order chi connectivity index (χ0) is 24.5. The lowest BCUT2D eigenvalue weighted by molar-refractivity contribution is 0.0467. The molecule has 0 saturated carbocycles. The molecule has 2 heterocycles. The van der Waals surface area contributed by atoms with Crippen LogP contribution in [0.3, 0.4) is 0 Å². The van der Waals surface area contributed by atoms with E-state index in [0.717, 1.165) is 10.4 Å². The molecule has 4 aromatic rings. The number of esters is 1. The number of anilines is 1. The predicted octanol–water partition coefficient (Wildman–Crippen LogP) is 4.18. The van der Waals surface area contributed by atoms with Gasteiger partial charge in [0.05, 0.1) is 27.0 Å². The zero-order valence-corrected chi connectivity index (χ0v) is 20.0. The summed E-state index contributed by atoms with van der Waals surface area (Å²) in [7, 11) is -2.66. The number of carbonyl (C=O) groups excluding carboxylic acids is 1. The van der Waals surface area contributed by atoms with E-state index in [2.05, 4.69) is 4.98 Å². The Bertz CT molecular complexity index is 1560. The van der Waals surface area contributed by atoms with Gasteiger partial charge in [0.25, 0.3) is 15.6 Å². The van der Waals surface area contributed by atoms with Gasteiger partial charge in [-0.05, 0) is 42.5 Å². The van der Waals surface area contributed by atoms with Gasteiger partial charge >= 0.3 is 5.97 Å². The SMILES string of the molecule is CN(c1ccccc1)S(=O)(=O)c1cc(C(=O)OCc2cc(=O)n3cc(Cl)ccc3n2)ccc1Cl. The lowest BCUT2D eigenvalue weighted by Crippen LogP contribution is -2.27. The third-order valence-electron chi connectivity index (χ3n) is 4.95. The van der Waals surface area contributed by atoms with Crippen molar-refractivity contribution in [2.24, 2.45) is 0 Å². The Hall–Kier alpha value is -3.40. The Morgan fingerprint density at radius 1 is 1.06 bits per heavy atom. The highest BCUT2D eigenvalue weighted by Crippen LogP contribution is 2.28. The van der Waals surface area contributed by atoms with Gasteiger partial charge < -0.3 is 4.74 Å². The summed E-state index contributed by atoms with van der Waals surface area (Å²) in [5, 5.41) is 0.337. The van der Waals surface area contributed by atoms with Crippen LogP contribution in [0.5, 0.6) is 0 Å². The molecule has 0 fully saturated rings. The van der Waals surface area contributed by atoms with Gasteiger partial charge in [-0.3, -0.25) is 13.5 Å². The molecule has 0 aliphatic heterocycles. The van der Waals surface area contributed by atoms with E-state index in [0.29, 0.717) is 16.4 Å². The summed E-state index contributed by atoms with van der Waals surface area (Å²) in [6, 6.07) is 16.7. The second kappa shape index (κ2) is 9.46. The summed E-state index contributed by atoms with van der Waals surface area (Å²) in [5.74, 6) is -0.798. The Kier molecular flexibility index (Phi) is 6.60. The molecule has 8 nitrogen and oxygen atoms in total. The number of para-hydroxylation sites is 1. The second-order valence-corrected chi connectivity index (χ2v) is 9.97. The summed E-state index contributed by atoms with van der Waals surface area (Å²) in [6.07, 6.45) is 1.43. The lowest BCUT2D eigenvalue weighted by Gasteiger charge is -2.20. The summed E-state index contributed by atoms with van der Waals surface area (Å²) in [5.41, 5.74) is 0.593. The summed E-state index contributed by atoms with van der Waals surface area (Å²) in [4.78, 5) is 28.9. The third kappa shape index (κ3) is 4.77. The smallest absolute Gasteiger partial charge is 0.338 e. The summed E-state index contributed by atoms with van der Waals surface area (Å²) in [6.45, 7) is -0.290. The molecule has 2 aromatic carbocycles. The first-order valence-electron chi connectivity index (χ1n) is 9.85. The van der Waals surface area contributed by atoms with Gasteiger partial charge in [0.15, 0.2) is 0 Å². The minimum atomic E-state index is -4.05. The average molecular weight is 518 g/mol. The van der Waals surface area contributed by atoms with Crippen LogP contribution in [0.2, 0.25) is 10.0 Å². The number of nitrogens with zero attached hydrogens (tertiary/aromatic N) is 3. The number of hydrogen-bond acceptors (Lipinski definition) is 6. The largest absolute Gasteiger partial charge is 0.456 e. The van der Waals surface area contributed by atoms with Crippen molar-refractivity contribution in [2.45, 2.75) is 11.5 Å². The van der Waals surface area contributed by atoms with Crippen LogP contribution in [0.4, 0.5) is 5.69 Å². The van der Waals surface area contributed by atoms with Gasteiger partial charge in [-0.1, -0.05) is 41.4 Å². The van der Waals surface area contributed by atoms with E-state index in [1.54, 1.807) is 42.5 Å². The maximum absolute atomic E-state index is 13.1. The minimum Gasteiger partial charge on any atom is -0.456 e. The molecule has 0 bridgehead atoms. The van der Waals surface area contributed by atoms with E-state index < -0.39 is 16.0 Å². The molecule has 0 aliphatic rings. The van der Waals surface area contributed by atoms with Crippen LogP contribution in [0.1, 0.15) is 16.1 Å². The number of pyridine rings is 1. The summed E-state index contributed by atoms with van der Waals surface area (Å²) >= 11 is 12.1. The van der Waals surface area contributed by atoms with Crippen LogP contribution in [-0.2, 0) is 21.4 Å². The first-order chi connectivity index (χ1) is 16.2. The highest BCUT2D eigenvalue weighted by molar-refractivity contribution is 7.93. The van der Waals surface area contributed by atoms with Gasteiger partial charge in [-0.25, -0.2) is 18.2 Å². The van der Waals surface area contributed by atoms with Crippen LogP contribution in [-0.4, -0.2) is 30.8 Å². The number of benzene rings is 2. The van der Waals surface area contributed by atoms with Crippen LogP contribution in [0, 0.1) is 0 Å². The van der Waals surface area contributed by atoms with Gasteiger partial charge in [0.1, 0.15) is 17.1 Å². The maximum atomic E-state index is 13.1. The molecule has 11 heteroatoms. The molecule has 4 rings (SSSR count). The number of aromatic nitrogens is 2. The average Bonchev–Trinajstić information content (AvgIpc) is 2.83. The van der Waals surface area contributed by atoms with Gasteiger partial charge in [0.2, 0.25) is 0 Å². The molecule has 0 unspecified atom stereocenters. The highest BCUT2D eigenvalue weighted by atomic mass is 35.5. The van der Waals surface area contributed by atoms with Crippen molar-refractivity contribution >= 4 is 50.5 Å². The number of halogens is 2. The number of sulfonamides is 1. The van der Waals surface area contributed by atoms with Crippen molar-refractivity contribution in [1.82, 2.24) is 9.38 Å². The van der Waals surface area contributed by atoms with E-state index in [-0.39, 0.29) is 33.3 Å². The minimum absolute atomic E-state index is 0.0197. The predicted molar refractivity (Wildman–Crippen MR) is 129 cm³/mol. The van der Waals surface area contributed by atoms with Crippen LogP contribution in [0.15, 0.2) is 82.6 Å².